The molecule has 3 unspecified atom stereocenters. The van der Waals surface area contributed by atoms with Gasteiger partial charge in [-0.05, 0) is 37.4 Å². The van der Waals surface area contributed by atoms with Gasteiger partial charge in [-0.15, -0.1) is 11.3 Å². The third kappa shape index (κ3) is 2.38. The Morgan fingerprint density at radius 3 is 2.80 bits per heavy atom. The second kappa shape index (κ2) is 5.47. The third-order valence-electron chi connectivity index (χ3n) is 4.38. The predicted octanol–water partition coefficient (Wildman–Crippen LogP) is 1.91. The Hall–Kier alpha value is -0.910. The van der Waals surface area contributed by atoms with Crippen molar-refractivity contribution >= 4 is 17.2 Å². The Kier molecular flexibility index (Phi) is 3.84. The Bertz CT molecular complexity index is 473. The lowest BCUT2D eigenvalue weighted by Crippen LogP contribution is -2.42. The molecule has 2 aliphatic rings. The summed E-state index contributed by atoms with van der Waals surface area (Å²) in [6, 6.07) is 4.49. The number of nitrogens with zero attached hydrogens (tertiary/aromatic N) is 2. The van der Waals surface area contributed by atoms with Gasteiger partial charge in [-0.1, -0.05) is 19.9 Å². The molecule has 0 aromatic carbocycles. The van der Waals surface area contributed by atoms with Crippen LogP contribution >= 0.6 is 11.3 Å². The van der Waals surface area contributed by atoms with E-state index < -0.39 is 0 Å². The largest absolute Gasteiger partial charge is 0.316 e. The molecular formula is C15H23N3OS. The first-order valence-corrected chi connectivity index (χ1v) is 8.26. The molecule has 3 atom stereocenters. The summed E-state index contributed by atoms with van der Waals surface area (Å²) in [6.07, 6.45) is 1.14. The highest BCUT2D eigenvalue weighted by molar-refractivity contribution is 7.10. The van der Waals surface area contributed by atoms with Crippen LogP contribution in [-0.2, 0) is 4.79 Å². The molecule has 2 aliphatic heterocycles. The topological polar surface area (TPSA) is 35.6 Å². The molecule has 1 N–H and O–H groups in total. The zero-order valence-corrected chi connectivity index (χ0v) is 13.2. The van der Waals surface area contributed by atoms with Crippen LogP contribution in [0, 0.1) is 5.92 Å². The average Bonchev–Trinajstić information content (AvgIpc) is 3.07. The molecule has 0 saturated carbocycles. The monoisotopic (exact) mass is 293 g/mol. The van der Waals surface area contributed by atoms with E-state index in [9.17, 15) is 4.79 Å². The maximum atomic E-state index is 12.8. The summed E-state index contributed by atoms with van der Waals surface area (Å²) in [5.74, 6) is 0.604. The molecule has 2 saturated heterocycles. The fourth-order valence-electron chi connectivity index (χ4n) is 3.28. The maximum Gasteiger partial charge on any atom is 0.241 e. The van der Waals surface area contributed by atoms with E-state index in [0.717, 1.165) is 19.5 Å². The van der Waals surface area contributed by atoms with Crippen molar-refractivity contribution in [1.29, 1.82) is 0 Å². The molecule has 5 heteroatoms. The van der Waals surface area contributed by atoms with Gasteiger partial charge < -0.3 is 9.80 Å². The van der Waals surface area contributed by atoms with E-state index in [2.05, 4.69) is 53.5 Å². The van der Waals surface area contributed by atoms with E-state index in [1.165, 1.54) is 4.88 Å². The fraction of sp³-hybridized carbons (Fsp3) is 0.667. The zero-order valence-electron chi connectivity index (χ0n) is 12.4. The Morgan fingerprint density at radius 2 is 2.25 bits per heavy atom. The lowest BCUT2D eigenvalue weighted by molar-refractivity contribution is -0.132. The Labute approximate surface area is 124 Å². The van der Waals surface area contributed by atoms with Gasteiger partial charge in [-0.3, -0.25) is 10.1 Å². The molecule has 110 valence electrons. The molecule has 1 amide bonds. The van der Waals surface area contributed by atoms with Crippen molar-refractivity contribution in [1.82, 2.24) is 15.1 Å². The number of rotatable bonds is 3. The maximum absolute atomic E-state index is 12.8. The summed E-state index contributed by atoms with van der Waals surface area (Å²) in [4.78, 5) is 18.5. The van der Waals surface area contributed by atoms with Gasteiger partial charge >= 0.3 is 0 Å². The normalized spacial score (nSPS) is 31.7. The van der Waals surface area contributed by atoms with E-state index in [1.807, 2.05) is 0 Å². The first kappa shape index (κ1) is 14.0. The van der Waals surface area contributed by atoms with Crippen LogP contribution in [0.3, 0.4) is 0 Å². The number of hydrogen-bond acceptors (Lipinski definition) is 4. The molecule has 4 nitrogen and oxygen atoms in total. The van der Waals surface area contributed by atoms with Gasteiger partial charge in [0.25, 0.3) is 0 Å². The first-order chi connectivity index (χ1) is 9.58. The minimum absolute atomic E-state index is 0.0481. The summed E-state index contributed by atoms with van der Waals surface area (Å²) in [6.45, 7) is 6.30. The van der Waals surface area contributed by atoms with Crippen LogP contribution in [0.5, 0.6) is 0 Å². The summed E-state index contributed by atoms with van der Waals surface area (Å²) in [7, 11) is 2.13. The quantitative estimate of drug-likeness (QED) is 0.924. The second-order valence-electron chi connectivity index (χ2n) is 6.26. The molecule has 0 bridgehead atoms. The van der Waals surface area contributed by atoms with Crippen LogP contribution in [0.1, 0.15) is 31.3 Å². The predicted molar refractivity (Wildman–Crippen MR) is 81.6 cm³/mol. The molecule has 2 fully saturated rings. The third-order valence-corrected chi connectivity index (χ3v) is 5.30. The molecule has 3 rings (SSSR count). The Balaban J connectivity index is 1.88. The number of nitrogens with one attached hydrogen (secondary N) is 1. The van der Waals surface area contributed by atoms with Crippen LogP contribution in [-0.4, -0.2) is 47.9 Å². The molecule has 0 spiro atoms. The highest BCUT2D eigenvalue weighted by atomic mass is 32.1. The van der Waals surface area contributed by atoms with Crippen molar-refractivity contribution in [3.05, 3.63) is 22.4 Å². The second-order valence-corrected chi connectivity index (χ2v) is 7.24. The number of carbonyl (C=O) groups is 1. The van der Waals surface area contributed by atoms with Crippen LogP contribution in [0.25, 0.3) is 0 Å². The van der Waals surface area contributed by atoms with Crippen molar-refractivity contribution in [2.45, 2.75) is 38.5 Å². The highest BCUT2D eigenvalue weighted by Crippen LogP contribution is 2.34. The number of amides is 1. The van der Waals surface area contributed by atoms with E-state index in [4.69, 9.17) is 0 Å². The highest BCUT2D eigenvalue weighted by Gasteiger charge is 2.45. The summed E-state index contributed by atoms with van der Waals surface area (Å²) >= 11 is 1.73. The van der Waals surface area contributed by atoms with Crippen molar-refractivity contribution in [2.75, 3.05) is 20.1 Å². The molecule has 1 aromatic heterocycles. The van der Waals surface area contributed by atoms with Gasteiger partial charge in [0.15, 0.2) is 0 Å². The van der Waals surface area contributed by atoms with Gasteiger partial charge in [-0.25, -0.2) is 0 Å². The van der Waals surface area contributed by atoms with Crippen molar-refractivity contribution < 1.29 is 4.79 Å². The van der Waals surface area contributed by atoms with Gasteiger partial charge in [-0.2, -0.15) is 0 Å². The van der Waals surface area contributed by atoms with E-state index >= 15 is 0 Å². The van der Waals surface area contributed by atoms with Crippen molar-refractivity contribution in [2.24, 2.45) is 5.92 Å². The summed E-state index contributed by atoms with van der Waals surface area (Å²) in [5.41, 5.74) is 0. The molecule has 3 heterocycles. The average molecular weight is 293 g/mol. The number of thiophene rings is 1. The van der Waals surface area contributed by atoms with Crippen molar-refractivity contribution in [3.63, 3.8) is 0 Å². The van der Waals surface area contributed by atoms with Gasteiger partial charge in [0.05, 0.1) is 6.04 Å². The minimum Gasteiger partial charge on any atom is -0.316 e. The van der Waals surface area contributed by atoms with E-state index in [0.29, 0.717) is 12.0 Å². The van der Waals surface area contributed by atoms with Gasteiger partial charge in [0, 0.05) is 17.5 Å². The Morgan fingerprint density at radius 1 is 1.45 bits per heavy atom. The van der Waals surface area contributed by atoms with Crippen molar-refractivity contribution in [3.8, 4) is 0 Å². The lowest BCUT2D eigenvalue weighted by atomic mass is 10.0. The standard InChI is InChI=1S/C15H23N3OS/c1-10(2)13-15(19)18(11-6-7-17(3)9-11)14(16-13)12-5-4-8-20-12/h4-5,8,10-11,13-14,16H,6-7,9H2,1-3H3. The van der Waals surface area contributed by atoms with Gasteiger partial charge in [0.2, 0.25) is 5.91 Å². The molecule has 1 aromatic rings. The van der Waals surface area contributed by atoms with Crippen LogP contribution in [0.2, 0.25) is 0 Å². The summed E-state index contributed by atoms with van der Waals surface area (Å²) < 4.78 is 0. The van der Waals surface area contributed by atoms with E-state index in [1.54, 1.807) is 11.3 Å². The molecule has 20 heavy (non-hydrogen) atoms. The molecule has 0 radical (unpaired) electrons. The number of likely N-dealkylation sites (tertiary alicyclic amines) is 1. The molecular weight excluding hydrogens is 270 g/mol. The van der Waals surface area contributed by atoms with E-state index in [-0.39, 0.29) is 18.1 Å². The summed E-state index contributed by atoms with van der Waals surface area (Å²) in [5, 5.41) is 5.64. The zero-order chi connectivity index (χ0) is 14.3. The number of hydrogen-bond donors (Lipinski definition) is 1. The number of likely N-dealkylation sites (N-methyl/N-ethyl adjacent to an activating group) is 1. The fourth-order valence-corrected chi connectivity index (χ4v) is 4.06. The smallest absolute Gasteiger partial charge is 0.241 e. The SMILES string of the molecule is CC(C)C1NC(c2cccs2)N(C2CCN(C)C2)C1=O. The lowest BCUT2D eigenvalue weighted by Gasteiger charge is -2.29. The molecule has 0 aliphatic carbocycles. The van der Waals surface area contributed by atoms with Crippen LogP contribution in [0.4, 0.5) is 0 Å². The van der Waals surface area contributed by atoms with Crippen LogP contribution in [0.15, 0.2) is 17.5 Å². The van der Waals surface area contributed by atoms with Gasteiger partial charge in [0.1, 0.15) is 6.17 Å². The van der Waals surface area contributed by atoms with Crippen LogP contribution < -0.4 is 5.32 Å². The minimum atomic E-state index is -0.0481. The number of carbonyl (C=O) groups excluding carboxylic acids is 1. The first-order valence-electron chi connectivity index (χ1n) is 7.38.